The Balaban J connectivity index is 0.00000110. The lowest BCUT2D eigenvalue weighted by Gasteiger charge is -2.14. The van der Waals surface area contributed by atoms with E-state index in [9.17, 15) is 4.39 Å². The van der Waals surface area contributed by atoms with Gasteiger partial charge in [0.05, 0.1) is 17.1 Å². The highest BCUT2D eigenvalue weighted by molar-refractivity contribution is 8.93. The lowest BCUT2D eigenvalue weighted by molar-refractivity contribution is 0.640. The Morgan fingerprint density at radius 3 is 3.05 bits per heavy atom. The summed E-state index contributed by atoms with van der Waals surface area (Å²) in [4.78, 5) is 7.76. The molecule has 6 heteroatoms. The Bertz CT molecular complexity index is 708. The first kappa shape index (κ1) is 13.1. The van der Waals surface area contributed by atoms with Gasteiger partial charge in [-0.2, -0.15) is 0 Å². The van der Waals surface area contributed by atoms with Crippen LogP contribution in [-0.2, 0) is 0 Å². The molecule has 0 fully saturated rings. The van der Waals surface area contributed by atoms with Gasteiger partial charge in [-0.25, -0.2) is 4.39 Å². The van der Waals surface area contributed by atoms with E-state index in [2.05, 4.69) is 15.3 Å². The molecule has 0 spiro atoms. The van der Waals surface area contributed by atoms with Crippen LogP contribution in [0.15, 0.2) is 34.7 Å². The Morgan fingerprint density at radius 2 is 2.21 bits per heavy atom. The maximum Gasteiger partial charge on any atom is 0.168 e. The van der Waals surface area contributed by atoms with Crippen LogP contribution in [0.25, 0.3) is 15.8 Å². The third-order valence-corrected chi connectivity index (χ3v) is 5.15. The molecule has 0 radical (unpaired) electrons. The van der Waals surface area contributed by atoms with Crippen LogP contribution < -0.4 is 0 Å². The minimum Gasteiger partial charge on any atom is -0.317 e. The van der Waals surface area contributed by atoms with Crippen LogP contribution in [0, 0.1) is 5.82 Å². The molecule has 3 heterocycles. The monoisotopic (exact) mass is 356 g/mol. The van der Waals surface area contributed by atoms with Gasteiger partial charge in [0.2, 0.25) is 0 Å². The second-order valence-corrected chi connectivity index (χ2v) is 6.12. The SMILES string of the molecule is Br.Fc1cccc2sc(C3=CSC4=NCCN34)cc12. The minimum absolute atomic E-state index is 0. The summed E-state index contributed by atoms with van der Waals surface area (Å²) in [6, 6.07) is 7.19. The molecule has 1 aromatic heterocycles. The zero-order valence-electron chi connectivity index (χ0n) is 9.80. The van der Waals surface area contributed by atoms with Crippen molar-refractivity contribution in [3.8, 4) is 0 Å². The normalized spacial score (nSPS) is 17.2. The molecule has 19 heavy (non-hydrogen) atoms. The van der Waals surface area contributed by atoms with E-state index in [1.165, 1.54) is 6.07 Å². The van der Waals surface area contributed by atoms with Crippen LogP contribution in [0.3, 0.4) is 0 Å². The molecule has 0 aliphatic carbocycles. The number of hydrogen-bond acceptors (Lipinski definition) is 4. The molecular formula is C13H10BrFN2S2. The number of fused-ring (bicyclic) bond motifs is 2. The fraction of sp³-hybridized carbons (Fsp3) is 0.154. The standard InChI is InChI=1S/C13H9FN2S2.BrH/c14-9-2-1-3-11-8(9)6-12(18-11)10-7-17-13-15-4-5-16(10)13;/h1-3,6-7H,4-5H2;1H. The van der Waals surface area contributed by atoms with E-state index in [1.54, 1.807) is 29.2 Å². The Kier molecular flexibility index (Phi) is 3.41. The fourth-order valence-corrected chi connectivity index (χ4v) is 4.39. The number of aliphatic imine (C=N–C) groups is 1. The van der Waals surface area contributed by atoms with Crippen molar-refractivity contribution in [1.29, 1.82) is 0 Å². The van der Waals surface area contributed by atoms with Crippen LogP contribution in [-0.4, -0.2) is 23.2 Å². The smallest absolute Gasteiger partial charge is 0.168 e. The third-order valence-electron chi connectivity index (χ3n) is 3.13. The van der Waals surface area contributed by atoms with Crippen molar-refractivity contribution < 1.29 is 4.39 Å². The van der Waals surface area contributed by atoms with Crippen molar-refractivity contribution in [1.82, 2.24) is 4.90 Å². The molecule has 0 unspecified atom stereocenters. The Hall–Kier alpha value is -0.850. The average Bonchev–Trinajstić information content (AvgIpc) is 3.02. The maximum atomic E-state index is 13.7. The first-order valence-corrected chi connectivity index (χ1v) is 7.40. The molecule has 0 N–H and O–H groups in total. The van der Waals surface area contributed by atoms with E-state index < -0.39 is 0 Å². The predicted octanol–water partition coefficient (Wildman–Crippen LogP) is 4.34. The van der Waals surface area contributed by atoms with Crippen LogP contribution >= 0.6 is 40.1 Å². The summed E-state index contributed by atoms with van der Waals surface area (Å²) < 4.78 is 14.7. The van der Waals surface area contributed by atoms with Gasteiger partial charge in [0.15, 0.2) is 5.17 Å². The zero-order valence-corrected chi connectivity index (χ0v) is 13.1. The predicted molar refractivity (Wildman–Crippen MR) is 86.7 cm³/mol. The van der Waals surface area contributed by atoms with Gasteiger partial charge in [-0.1, -0.05) is 17.8 Å². The van der Waals surface area contributed by atoms with Crippen LogP contribution in [0.4, 0.5) is 4.39 Å². The van der Waals surface area contributed by atoms with E-state index >= 15 is 0 Å². The summed E-state index contributed by atoms with van der Waals surface area (Å²) in [5, 5.41) is 3.90. The third kappa shape index (κ3) is 2.02. The number of thiophene rings is 1. The van der Waals surface area contributed by atoms with Crippen LogP contribution in [0.2, 0.25) is 0 Å². The lowest BCUT2D eigenvalue weighted by Crippen LogP contribution is -2.19. The molecule has 0 amide bonds. The molecule has 2 aromatic rings. The molecule has 0 saturated carbocycles. The van der Waals surface area contributed by atoms with E-state index in [-0.39, 0.29) is 22.8 Å². The number of thioether (sulfide) groups is 1. The van der Waals surface area contributed by atoms with Gasteiger partial charge in [0, 0.05) is 22.0 Å². The van der Waals surface area contributed by atoms with E-state index in [4.69, 9.17) is 0 Å². The highest BCUT2D eigenvalue weighted by Crippen LogP contribution is 2.40. The first-order valence-electron chi connectivity index (χ1n) is 5.70. The second kappa shape index (κ2) is 4.92. The van der Waals surface area contributed by atoms with Crippen molar-refractivity contribution in [2.75, 3.05) is 13.1 Å². The molecule has 4 rings (SSSR count). The summed E-state index contributed by atoms with van der Waals surface area (Å²) in [6.45, 7) is 1.80. The minimum atomic E-state index is -0.142. The lowest BCUT2D eigenvalue weighted by atomic mass is 10.2. The summed E-state index contributed by atoms with van der Waals surface area (Å²) in [5.74, 6) is -0.142. The second-order valence-electron chi connectivity index (χ2n) is 4.20. The fourth-order valence-electron chi connectivity index (χ4n) is 2.27. The molecule has 1 aromatic carbocycles. The number of hydrogen-bond donors (Lipinski definition) is 0. The number of amidine groups is 1. The van der Waals surface area contributed by atoms with E-state index in [0.717, 1.165) is 33.5 Å². The number of rotatable bonds is 1. The highest BCUT2D eigenvalue weighted by Gasteiger charge is 2.28. The number of benzene rings is 1. The van der Waals surface area contributed by atoms with E-state index in [1.807, 2.05) is 12.1 Å². The van der Waals surface area contributed by atoms with Crippen molar-refractivity contribution >= 4 is 61.0 Å². The molecule has 2 aliphatic heterocycles. The van der Waals surface area contributed by atoms with Gasteiger partial charge in [-0.05, 0) is 18.2 Å². The van der Waals surface area contributed by atoms with E-state index in [0.29, 0.717) is 5.39 Å². The highest BCUT2D eigenvalue weighted by atomic mass is 79.9. The van der Waals surface area contributed by atoms with Gasteiger partial charge in [-0.15, -0.1) is 28.3 Å². The summed E-state index contributed by atoms with van der Waals surface area (Å²) in [7, 11) is 0. The van der Waals surface area contributed by atoms with Gasteiger partial charge in [-0.3, -0.25) is 4.99 Å². The Labute approximate surface area is 128 Å². The van der Waals surface area contributed by atoms with Crippen LogP contribution in [0.5, 0.6) is 0 Å². The summed E-state index contributed by atoms with van der Waals surface area (Å²) >= 11 is 3.30. The van der Waals surface area contributed by atoms with Gasteiger partial charge in [0.25, 0.3) is 0 Å². The molecule has 98 valence electrons. The van der Waals surface area contributed by atoms with Gasteiger partial charge >= 0.3 is 0 Å². The molecule has 2 aliphatic rings. The quantitative estimate of drug-likeness (QED) is 0.755. The number of halogens is 2. The first-order chi connectivity index (χ1) is 8.83. The molecule has 0 saturated heterocycles. The summed E-state index contributed by atoms with van der Waals surface area (Å²) in [5.41, 5.74) is 1.16. The molecule has 0 atom stereocenters. The number of nitrogens with zero attached hydrogens (tertiary/aromatic N) is 2. The molecule has 2 nitrogen and oxygen atoms in total. The molecule has 0 bridgehead atoms. The van der Waals surface area contributed by atoms with Crippen molar-refractivity contribution in [3.63, 3.8) is 0 Å². The van der Waals surface area contributed by atoms with Gasteiger partial charge in [0.1, 0.15) is 5.82 Å². The zero-order chi connectivity index (χ0) is 12.1. The topological polar surface area (TPSA) is 15.6 Å². The molecular weight excluding hydrogens is 347 g/mol. The summed E-state index contributed by atoms with van der Waals surface area (Å²) in [6.07, 6.45) is 0. The Morgan fingerprint density at radius 1 is 1.32 bits per heavy atom. The average molecular weight is 357 g/mol. The van der Waals surface area contributed by atoms with Crippen molar-refractivity contribution in [2.45, 2.75) is 0 Å². The van der Waals surface area contributed by atoms with Crippen molar-refractivity contribution in [3.05, 3.63) is 40.4 Å². The van der Waals surface area contributed by atoms with Crippen molar-refractivity contribution in [2.24, 2.45) is 4.99 Å². The van der Waals surface area contributed by atoms with Crippen LogP contribution in [0.1, 0.15) is 4.88 Å². The maximum absolute atomic E-state index is 13.7. The van der Waals surface area contributed by atoms with Gasteiger partial charge < -0.3 is 4.90 Å². The largest absolute Gasteiger partial charge is 0.317 e.